The maximum Gasteiger partial charge on any atom is 0.338 e. The molecule has 13 heteroatoms. The van der Waals surface area contributed by atoms with Crippen LogP contribution in [-0.4, -0.2) is 80.7 Å². The summed E-state index contributed by atoms with van der Waals surface area (Å²) in [5, 5.41) is 2.37. The zero-order valence-corrected chi connectivity index (χ0v) is 20.0. The number of nitrogens with zero attached hydrogens (tertiary/aromatic N) is 3. The second kappa shape index (κ2) is 10.8. The van der Waals surface area contributed by atoms with Gasteiger partial charge in [0, 0.05) is 13.1 Å². The summed E-state index contributed by atoms with van der Waals surface area (Å²) in [4.78, 5) is 32.5. The monoisotopic (exact) mass is 494 g/mol. The normalized spacial score (nSPS) is 18.7. The standard InChI is InChI=1S/C21H26N4O8S/c1-13-10-25(11-14(2)33-13)34(28,29)16-7-5-6-15(8-16)20(27)32-12-17(26)22-21-23-18(30-3)9-19(24-21)31-4/h5-9,13-14H,10-12H2,1-4H3,(H,22,23,24,26). The number of sulfonamides is 1. The minimum absolute atomic E-state index is 0.0115. The molecule has 2 heterocycles. The maximum absolute atomic E-state index is 13.0. The van der Waals surface area contributed by atoms with E-state index in [0.29, 0.717) is 0 Å². The van der Waals surface area contributed by atoms with Crippen molar-refractivity contribution in [2.75, 3.05) is 39.2 Å². The highest BCUT2D eigenvalue weighted by Crippen LogP contribution is 2.22. The van der Waals surface area contributed by atoms with Gasteiger partial charge >= 0.3 is 5.97 Å². The number of aromatic nitrogens is 2. The number of amides is 1. The van der Waals surface area contributed by atoms with E-state index in [1.165, 1.54) is 48.9 Å². The van der Waals surface area contributed by atoms with Crippen molar-refractivity contribution in [3.05, 3.63) is 35.9 Å². The predicted molar refractivity (Wildman–Crippen MR) is 119 cm³/mol. The molecule has 2 atom stereocenters. The van der Waals surface area contributed by atoms with Crippen LogP contribution in [0.3, 0.4) is 0 Å². The van der Waals surface area contributed by atoms with E-state index in [4.69, 9.17) is 18.9 Å². The van der Waals surface area contributed by atoms with Crippen LogP contribution in [0.5, 0.6) is 11.8 Å². The van der Waals surface area contributed by atoms with Crippen LogP contribution in [-0.2, 0) is 24.3 Å². The molecule has 34 heavy (non-hydrogen) atoms. The van der Waals surface area contributed by atoms with Crippen LogP contribution in [0.2, 0.25) is 0 Å². The van der Waals surface area contributed by atoms with Gasteiger partial charge in [-0.3, -0.25) is 10.1 Å². The van der Waals surface area contributed by atoms with Crippen molar-refractivity contribution >= 4 is 27.8 Å². The zero-order chi connectivity index (χ0) is 24.9. The zero-order valence-electron chi connectivity index (χ0n) is 19.2. The van der Waals surface area contributed by atoms with Crippen molar-refractivity contribution in [1.29, 1.82) is 0 Å². The van der Waals surface area contributed by atoms with Crippen molar-refractivity contribution < 1.29 is 37.0 Å². The largest absolute Gasteiger partial charge is 0.481 e. The number of hydrogen-bond donors (Lipinski definition) is 1. The molecule has 12 nitrogen and oxygen atoms in total. The summed E-state index contributed by atoms with van der Waals surface area (Å²) in [6.07, 6.45) is -0.502. The molecule has 3 rings (SSSR count). The topological polar surface area (TPSA) is 146 Å². The van der Waals surface area contributed by atoms with Crippen molar-refractivity contribution in [3.63, 3.8) is 0 Å². The van der Waals surface area contributed by atoms with Gasteiger partial charge in [0.2, 0.25) is 27.7 Å². The Hall–Kier alpha value is -3.29. The van der Waals surface area contributed by atoms with E-state index in [0.717, 1.165) is 0 Å². The third-order valence-electron chi connectivity index (χ3n) is 4.78. The van der Waals surface area contributed by atoms with E-state index >= 15 is 0 Å². The molecule has 1 aromatic heterocycles. The van der Waals surface area contributed by atoms with Crippen molar-refractivity contribution in [3.8, 4) is 11.8 Å². The fraction of sp³-hybridized carbons (Fsp3) is 0.429. The van der Waals surface area contributed by atoms with Crippen LogP contribution in [0.1, 0.15) is 24.2 Å². The number of hydrogen-bond acceptors (Lipinski definition) is 10. The number of methoxy groups -OCH3 is 2. The minimum atomic E-state index is -3.84. The molecule has 1 fully saturated rings. The highest BCUT2D eigenvalue weighted by molar-refractivity contribution is 7.89. The molecule has 1 aromatic carbocycles. The lowest BCUT2D eigenvalue weighted by atomic mass is 10.2. The Bertz CT molecular complexity index is 1120. The maximum atomic E-state index is 13.0. The first-order valence-electron chi connectivity index (χ1n) is 10.3. The quantitative estimate of drug-likeness (QED) is 0.529. The summed E-state index contributed by atoms with van der Waals surface area (Å²) in [6.45, 7) is 3.36. The molecule has 184 valence electrons. The smallest absolute Gasteiger partial charge is 0.338 e. The van der Waals surface area contributed by atoms with E-state index in [-0.39, 0.29) is 53.5 Å². The van der Waals surface area contributed by atoms with Gasteiger partial charge < -0.3 is 18.9 Å². The summed E-state index contributed by atoms with van der Waals surface area (Å²) < 4.78 is 48.0. The van der Waals surface area contributed by atoms with E-state index in [2.05, 4.69) is 15.3 Å². The molecule has 1 aliphatic heterocycles. The molecule has 1 amide bonds. The van der Waals surface area contributed by atoms with Gasteiger partial charge in [-0.05, 0) is 32.0 Å². The van der Waals surface area contributed by atoms with E-state index in [9.17, 15) is 18.0 Å². The lowest BCUT2D eigenvalue weighted by Crippen LogP contribution is -2.48. The number of morpholine rings is 1. The van der Waals surface area contributed by atoms with E-state index < -0.39 is 28.5 Å². The van der Waals surface area contributed by atoms with Gasteiger partial charge in [0.05, 0.1) is 43.0 Å². The summed E-state index contributed by atoms with van der Waals surface area (Å²) in [6, 6.07) is 6.88. The molecule has 2 unspecified atom stereocenters. The molecule has 0 radical (unpaired) electrons. The van der Waals surface area contributed by atoms with Crippen molar-refractivity contribution in [2.24, 2.45) is 0 Å². The van der Waals surface area contributed by atoms with Crippen LogP contribution >= 0.6 is 0 Å². The SMILES string of the molecule is COc1cc(OC)nc(NC(=O)COC(=O)c2cccc(S(=O)(=O)N3CC(C)OC(C)C3)c2)n1. The summed E-state index contributed by atoms with van der Waals surface area (Å²) >= 11 is 0. The van der Waals surface area contributed by atoms with Gasteiger partial charge in [-0.15, -0.1) is 0 Å². The third-order valence-corrected chi connectivity index (χ3v) is 6.60. The molecule has 0 spiro atoms. The lowest BCUT2D eigenvalue weighted by molar-refractivity contribution is -0.119. The Morgan fingerprint density at radius 1 is 1.09 bits per heavy atom. The Morgan fingerprint density at radius 3 is 2.29 bits per heavy atom. The third kappa shape index (κ3) is 6.18. The second-order valence-corrected chi connectivity index (χ2v) is 9.45. The average Bonchev–Trinajstić information content (AvgIpc) is 2.81. The highest BCUT2D eigenvalue weighted by atomic mass is 32.2. The van der Waals surface area contributed by atoms with Gasteiger partial charge in [-0.1, -0.05) is 6.07 Å². The van der Waals surface area contributed by atoms with Crippen molar-refractivity contribution in [1.82, 2.24) is 14.3 Å². The molecule has 0 saturated carbocycles. The molecule has 1 aliphatic rings. The molecule has 0 aliphatic carbocycles. The molecular weight excluding hydrogens is 468 g/mol. The van der Waals surface area contributed by atoms with Crippen molar-refractivity contribution in [2.45, 2.75) is 31.0 Å². The summed E-state index contributed by atoms with van der Waals surface area (Å²) in [5.41, 5.74) is -0.0115. The van der Waals surface area contributed by atoms with Gasteiger partial charge in [-0.25, -0.2) is 13.2 Å². The molecule has 1 N–H and O–H groups in total. The number of carbonyl (C=O) groups excluding carboxylic acids is 2. The Labute approximate surface area is 197 Å². The number of rotatable bonds is 8. The van der Waals surface area contributed by atoms with Crippen LogP contribution < -0.4 is 14.8 Å². The number of carbonyl (C=O) groups is 2. The van der Waals surface area contributed by atoms with Crippen LogP contribution in [0.25, 0.3) is 0 Å². The van der Waals surface area contributed by atoms with Gasteiger partial charge in [0.15, 0.2) is 6.61 Å². The molecule has 2 aromatic rings. The lowest BCUT2D eigenvalue weighted by Gasteiger charge is -2.34. The Balaban J connectivity index is 1.65. The minimum Gasteiger partial charge on any atom is -0.481 e. The molecule has 0 bridgehead atoms. The van der Waals surface area contributed by atoms with Gasteiger partial charge in [0.1, 0.15) is 0 Å². The molecular formula is C21H26N4O8S. The first kappa shape index (κ1) is 25.3. The van der Waals surface area contributed by atoms with Crippen LogP contribution in [0, 0.1) is 0 Å². The summed E-state index contributed by atoms with van der Waals surface area (Å²) in [7, 11) is -1.06. The molecule has 1 saturated heterocycles. The highest BCUT2D eigenvalue weighted by Gasteiger charge is 2.32. The second-order valence-electron chi connectivity index (χ2n) is 7.51. The first-order chi connectivity index (χ1) is 16.1. The first-order valence-corrected chi connectivity index (χ1v) is 11.8. The number of ether oxygens (including phenoxy) is 4. The van der Waals surface area contributed by atoms with Crippen LogP contribution in [0.15, 0.2) is 35.2 Å². The van der Waals surface area contributed by atoms with Crippen LogP contribution in [0.4, 0.5) is 5.95 Å². The number of benzene rings is 1. The number of nitrogens with one attached hydrogen (secondary N) is 1. The van der Waals surface area contributed by atoms with Gasteiger partial charge in [0.25, 0.3) is 5.91 Å². The Morgan fingerprint density at radius 2 is 1.71 bits per heavy atom. The van der Waals surface area contributed by atoms with E-state index in [1.54, 1.807) is 13.8 Å². The average molecular weight is 495 g/mol. The predicted octanol–water partition coefficient (Wildman–Crippen LogP) is 1.09. The fourth-order valence-electron chi connectivity index (χ4n) is 3.30. The number of esters is 1. The fourth-order valence-corrected chi connectivity index (χ4v) is 4.94. The Kier molecular flexibility index (Phi) is 8.02. The van der Waals surface area contributed by atoms with E-state index in [1.807, 2.05) is 0 Å². The summed E-state index contributed by atoms with van der Waals surface area (Å²) in [5.74, 6) is -1.33. The van der Waals surface area contributed by atoms with Gasteiger partial charge in [-0.2, -0.15) is 14.3 Å². The number of anilines is 1.